The Morgan fingerprint density at radius 2 is 1.89 bits per heavy atom. The van der Waals surface area contributed by atoms with Gasteiger partial charge in [0, 0.05) is 29.7 Å². The topological polar surface area (TPSA) is 46.9 Å². The van der Waals surface area contributed by atoms with E-state index in [-0.39, 0.29) is 0 Å². The van der Waals surface area contributed by atoms with E-state index in [2.05, 4.69) is 34.5 Å². The Morgan fingerprint density at radius 3 is 2.81 bits per heavy atom. The lowest BCUT2D eigenvalue weighted by Crippen LogP contribution is -2.41. The van der Waals surface area contributed by atoms with E-state index in [1.54, 1.807) is 0 Å². The van der Waals surface area contributed by atoms with Crippen LogP contribution < -0.4 is 14.8 Å². The lowest BCUT2D eigenvalue weighted by atomic mass is 10.0. The van der Waals surface area contributed by atoms with Crippen LogP contribution in [0.2, 0.25) is 0 Å². The lowest BCUT2D eigenvalue weighted by molar-refractivity contribution is 0.171. The molecule has 2 aromatic carbocycles. The van der Waals surface area contributed by atoms with Crippen LogP contribution in [-0.4, -0.2) is 37.2 Å². The molecule has 5 heteroatoms. The van der Waals surface area contributed by atoms with Crippen molar-refractivity contribution < 1.29 is 13.9 Å². The van der Waals surface area contributed by atoms with Gasteiger partial charge in [0.25, 0.3) is 0 Å². The van der Waals surface area contributed by atoms with E-state index < -0.39 is 0 Å². The van der Waals surface area contributed by atoms with Gasteiger partial charge in [-0.1, -0.05) is 18.2 Å². The molecule has 0 radical (unpaired) electrons. The van der Waals surface area contributed by atoms with Crippen molar-refractivity contribution in [2.75, 3.05) is 31.6 Å². The quantitative estimate of drug-likeness (QED) is 0.749. The number of likely N-dealkylation sites (tertiary alicyclic amines) is 1. The number of para-hydroxylation sites is 1. The second kappa shape index (κ2) is 7.16. The van der Waals surface area contributed by atoms with Gasteiger partial charge in [0.1, 0.15) is 24.6 Å². The Hall–Kier alpha value is -2.66. The fourth-order valence-corrected chi connectivity index (χ4v) is 4.02. The summed E-state index contributed by atoms with van der Waals surface area (Å²) in [5.41, 5.74) is 2.06. The molecule has 1 atom stereocenters. The van der Waals surface area contributed by atoms with Crippen molar-refractivity contribution in [3.63, 3.8) is 0 Å². The van der Waals surface area contributed by atoms with Crippen molar-refractivity contribution in [1.82, 2.24) is 4.90 Å². The smallest absolute Gasteiger partial charge is 0.163 e. The van der Waals surface area contributed by atoms with E-state index in [1.165, 1.54) is 18.2 Å². The molecule has 3 heterocycles. The van der Waals surface area contributed by atoms with Crippen LogP contribution in [0.3, 0.4) is 0 Å². The molecule has 0 saturated carbocycles. The van der Waals surface area contributed by atoms with E-state index in [4.69, 9.17) is 13.9 Å². The molecule has 0 aliphatic carbocycles. The van der Waals surface area contributed by atoms with E-state index >= 15 is 0 Å². The first-order valence-corrected chi connectivity index (χ1v) is 9.69. The van der Waals surface area contributed by atoms with Gasteiger partial charge < -0.3 is 19.2 Å². The van der Waals surface area contributed by atoms with Gasteiger partial charge in [0.2, 0.25) is 0 Å². The molecule has 1 aromatic heterocycles. The third kappa shape index (κ3) is 3.60. The van der Waals surface area contributed by atoms with Crippen molar-refractivity contribution >= 4 is 16.7 Å². The summed E-state index contributed by atoms with van der Waals surface area (Å²) < 4.78 is 17.3. The number of benzene rings is 2. The van der Waals surface area contributed by atoms with Crippen LogP contribution in [0.15, 0.2) is 52.9 Å². The summed E-state index contributed by atoms with van der Waals surface area (Å²) in [6.07, 6.45) is 2.35. The summed E-state index contributed by atoms with van der Waals surface area (Å²) in [6, 6.07) is 16.9. The fraction of sp³-hybridized carbons (Fsp3) is 0.364. The minimum atomic E-state index is 0.422. The number of nitrogens with one attached hydrogen (secondary N) is 1. The number of furan rings is 1. The van der Waals surface area contributed by atoms with Crippen LogP contribution in [-0.2, 0) is 6.54 Å². The monoisotopic (exact) mass is 364 g/mol. The third-order valence-electron chi connectivity index (χ3n) is 5.27. The molecule has 0 spiro atoms. The number of hydrogen-bond acceptors (Lipinski definition) is 5. The summed E-state index contributed by atoms with van der Waals surface area (Å²) in [6.45, 7) is 4.21. The van der Waals surface area contributed by atoms with Gasteiger partial charge in [-0.05, 0) is 43.7 Å². The van der Waals surface area contributed by atoms with E-state index in [9.17, 15) is 0 Å². The number of rotatable bonds is 4. The van der Waals surface area contributed by atoms with Crippen molar-refractivity contribution in [3.05, 3.63) is 54.3 Å². The van der Waals surface area contributed by atoms with Gasteiger partial charge in [0.05, 0.1) is 6.54 Å². The molecule has 1 fully saturated rings. The number of ether oxygens (including phenoxy) is 2. The molecule has 1 unspecified atom stereocenters. The molecular weight excluding hydrogens is 340 g/mol. The first-order valence-electron chi connectivity index (χ1n) is 9.69. The van der Waals surface area contributed by atoms with E-state index in [0.29, 0.717) is 19.3 Å². The summed E-state index contributed by atoms with van der Waals surface area (Å²) >= 11 is 0. The van der Waals surface area contributed by atoms with Gasteiger partial charge in [0.15, 0.2) is 11.5 Å². The van der Waals surface area contributed by atoms with Gasteiger partial charge in [-0.3, -0.25) is 4.90 Å². The van der Waals surface area contributed by atoms with Gasteiger partial charge >= 0.3 is 0 Å². The van der Waals surface area contributed by atoms with Crippen molar-refractivity contribution in [1.29, 1.82) is 0 Å². The van der Waals surface area contributed by atoms with Gasteiger partial charge in [-0.25, -0.2) is 0 Å². The van der Waals surface area contributed by atoms with Crippen LogP contribution in [0.25, 0.3) is 11.0 Å². The molecule has 0 bridgehead atoms. The highest BCUT2D eigenvalue weighted by molar-refractivity contribution is 5.77. The molecule has 140 valence electrons. The predicted octanol–water partition coefficient (Wildman–Crippen LogP) is 4.28. The molecule has 27 heavy (non-hydrogen) atoms. The number of hydrogen-bond donors (Lipinski definition) is 1. The summed E-state index contributed by atoms with van der Waals surface area (Å²) in [4.78, 5) is 2.47. The largest absolute Gasteiger partial charge is 0.486 e. The summed E-state index contributed by atoms with van der Waals surface area (Å²) in [5.74, 6) is 2.71. The Labute approximate surface area is 158 Å². The summed E-state index contributed by atoms with van der Waals surface area (Å²) in [5, 5.41) is 4.84. The zero-order chi connectivity index (χ0) is 18.1. The molecule has 2 aliphatic rings. The van der Waals surface area contributed by atoms with Crippen LogP contribution in [0, 0.1) is 0 Å². The first kappa shape index (κ1) is 16.5. The maximum absolute atomic E-state index is 5.99. The predicted molar refractivity (Wildman–Crippen MR) is 106 cm³/mol. The van der Waals surface area contributed by atoms with E-state index in [0.717, 1.165) is 48.2 Å². The molecular formula is C22H24N2O3. The Balaban J connectivity index is 1.24. The standard InChI is InChI=1S/C22H24N2O3/c1-2-6-20-16(4-1)12-19(27-20)15-24-9-3-5-18(14-24)23-17-7-8-21-22(13-17)26-11-10-25-21/h1-2,4,6-8,12-13,18,23H,3,5,9-11,14-15H2. The lowest BCUT2D eigenvalue weighted by Gasteiger charge is -2.33. The normalized spacial score (nSPS) is 19.9. The molecule has 5 rings (SSSR count). The number of anilines is 1. The van der Waals surface area contributed by atoms with Crippen molar-refractivity contribution in [2.45, 2.75) is 25.4 Å². The van der Waals surface area contributed by atoms with Crippen molar-refractivity contribution in [2.24, 2.45) is 0 Å². The van der Waals surface area contributed by atoms with Gasteiger partial charge in [-0.2, -0.15) is 0 Å². The average molecular weight is 364 g/mol. The minimum Gasteiger partial charge on any atom is -0.486 e. The molecule has 3 aromatic rings. The number of piperidine rings is 1. The van der Waals surface area contributed by atoms with Crippen LogP contribution in [0.1, 0.15) is 18.6 Å². The average Bonchev–Trinajstić information content (AvgIpc) is 3.10. The maximum atomic E-state index is 5.99. The van der Waals surface area contributed by atoms with Gasteiger partial charge in [-0.15, -0.1) is 0 Å². The molecule has 0 amide bonds. The zero-order valence-corrected chi connectivity index (χ0v) is 15.3. The highest BCUT2D eigenvalue weighted by Crippen LogP contribution is 2.33. The summed E-state index contributed by atoms with van der Waals surface area (Å²) in [7, 11) is 0. The second-order valence-corrected chi connectivity index (χ2v) is 7.33. The molecule has 5 nitrogen and oxygen atoms in total. The fourth-order valence-electron chi connectivity index (χ4n) is 4.02. The zero-order valence-electron chi connectivity index (χ0n) is 15.3. The Bertz CT molecular complexity index is 903. The number of nitrogens with zero attached hydrogens (tertiary/aromatic N) is 1. The molecule has 1 N–H and O–H groups in total. The number of fused-ring (bicyclic) bond motifs is 2. The van der Waals surface area contributed by atoms with Crippen molar-refractivity contribution in [3.8, 4) is 11.5 Å². The van der Waals surface area contributed by atoms with E-state index in [1.807, 2.05) is 24.3 Å². The van der Waals surface area contributed by atoms with Crippen LogP contribution >= 0.6 is 0 Å². The molecule has 2 aliphatic heterocycles. The SMILES string of the molecule is c1ccc2oc(CN3CCCC(Nc4ccc5c(c4)OCCO5)C3)cc2c1. The van der Waals surface area contributed by atoms with Crippen LogP contribution in [0.5, 0.6) is 11.5 Å². The maximum Gasteiger partial charge on any atom is 0.163 e. The Kier molecular flexibility index (Phi) is 4.38. The molecule has 1 saturated heterocycles. The third-order valence-corrected chi connectivity index (χ3v) is 5.27. The first-order chi connectivity index (χ1) is 13.3. The highest BCUT2D eigenvalue weighted by atomic mass is 16.6. The minimum absolute atomic E-state index is 0.422. The second-order valence-electron chi connectivity index (χ2n) is 7.33. The Morgan fingerprint density at radius 1 is 1.00 bits per heavy atom. The van der Waals surface area contributed by atoms with Crippen LogP contribution in [0.4, 0.5) is 5.69 Å². The highest BCUT2D eigenvalue weighted by Gasteiger charge is 2.21.